The zero-order valence-corrected chi connectivity index (χ0v) is 9.69. The van der Waals surface area contributed by atoms with Gasteiger partial charge in [-0.25, -0.2) is 0 Å². The number of para-hydroxylation sites is 2. The van der Waals surface area contributed by atoms with Crippen LogP contribution < -0.4 is 10.6 Å². The number of benzene rings is 2. The van der Waals surface area contributed by atoms with Gasteiger partial charge in [0.15, 0.2) is 0 Å². The van der Waals surface area contributed by atoms with Gasteiger partial charge in [-0.1, -0.05) is 42.5 Å². The molecule has 0 saturated carbocycles. The maximum Gasteiger partial charge on any atom is 0.0580 e. The number of anilines is 2. The molecule has 86 valence electrons. The molecular formula is C15H16N2. The molecule has 0 aliphatic carbocycles. The first kappa shape index (κ1) is 10.2. The van der Waals surface area contributed by atoms with Crippen LogP contribution in [0.2, 0.25) is 0 Å². The van der Waals surface area contributed by atoms with Crippen LogP contribution in [0.5, 0.6) is 0 Å². The summed E-state index contributed by atoms with van der Waals surface area (Å²) >= 11 is 0. The van der Waals surface area contributed by atoms with Gasteiger partial charge in [0.05, 0.1) is 17.4 Å². The molecule has 1 atom stereocenters. The van der Waals surface area contributed by atoms with E-state index in [0.717, 1.165) is 13.0 Å². The summed E-state index contributed by atoms with van der Waals surface area (Å²) in [5, 5.41) is 7.08. The Hall–Kier alpha value is -1.96. The molecule has 2 aromatic carbocycles. The summed E-state index contributed by atoms with van der Waals surface area (Å²) in [7, 11) is 0. The molecule has 0 fully saturated rings. The molecular weight excluding hydrogens is 208 g/mol. The minimum atomic E-state index is 0.396. The fourth-order valence-corrected chi connectivity index (χ4v) is 2.31. The fourth-order valence-electron chi connectivity index (χ4n) is 2.31. The summed E-state index contributed by atoms with van der Waals surface area (Å²) in [6.45, 7) is 1.00. The molecule has 0 saturated heterocycles. The highest BCUT2D eigenvalue weighted by Crippen LogP contribution is 2.30. The Morgan fingerprint density at radius 1 is 0.824 bits per heavy atom. The van der Waals surface area contributed by atoms with Crippen molar-refractivity contribution in [2.24, 2.45) is 0 Å². The van der Waals surface area contributed by atoms with Crippen LogP contribution in [0.4, 0.5) is 11.4 Å². The molecule has 2 aromatic rings. The predicted octanol–water partition coefficient (Wildman–Crippen LogP) is 3.66. The summed E-state index contributed by atoms with van der Waals surface area (Å²) in [5.41, 5.74) is 3.75. The van der Waals surface area contributed by atoms with E-state index >= 15 is 0 Å². The summed E-state index contributed by atoms with van der Waals surface area (Å²) in [6, 6.07) is 19.4. The lowest BCUT2D eigenvalue weighted by Gasteiger charge is -2.17. The van der Waals surface area contributed by atoms with Gasteiger partial charge >= 0.3 is 0 Å². The van der Waals surface area contributed by atoms with Gasteiger partial charge in [0, 0.05) is 6.54 Å². The Balaban J connectivity index is 1.91. The average molecular weight is 224 g/mol. The van der Waals surface area contributed by atoms with Crippen molar-refractivity contribution in [1.29, 1.82) is 0 Å². The first-order chi connectivity index (χ1) is 8.43. The molecule has 3 rings (SSSR count). The van der Waals surface area contributed by atoms with E-state index in [0.29, 0.717) is 6.04 Å². The van der Waals surface area contributed by atoms with Crippen LogP contribution in [-0.4, -0.2) is 6.54 Å². The molecule has 0 aromatic heterocycles. The van der Waals surface area contributed by atoms with Gasteiger partial charge in [-0.3, -0.25) is 0 Å². The fraction of sp³-hybridized carbons (Fsp3) is 0.200. The summed E-state index contributed by atoms with van der Waals surface area (Å²) < 4.78 is 0. The van der Waals surface area contributed by atoms with Gasteiger partial charge < -0.3 is 10.6 Å². The second-order valence-corrected chi connectivity index (χ2v) is 4.37. The first-order valence-electron chi connectivity index (χ1n) is 6.08. The van der Waals surface area contributed by atoms with Crippen molar-refractivity contribution in [2.45, 2.75) is 12.5 Å². The third-order valence-electron chi connectivity index (χ3n) is 3.21. The van der Waals surface area contributed by atoms with Crippen molar-refractivity contribution in [3.63, 3.8) is 0 Å². The maximum absolute atomic E-state index is 3.61. The second-order valence-electron chi connectivity index (χ2n) is 4.37. The van der Waals surface area contributed by atoms with Crippen LogP contribution in [0.25, 0.3) is 0 Å². The molecule has 2 N–H and O–H groups in total. The van der Waals surface area contributed by atoms with E-state index in [1.165, 1.54) is 16.9 Å². The third kappa shape index (κ3) is 2.11. The van der Waals surface area contributed by atoms with Crippen molar-refractivity contribution in [2.75, 3.05) is 17.2 Å². The van der Waals surface area contributed by atoms with E-state index in [1.54, 1.807) is 0 Å². The van der Waals surface area contributed by atoms with Gasteiger partial charge in [-0.05, 0) is 24.1 Å². The molecule has 0 bridgehead atoms. The second kappa shape index (κ2) is 4.50. The quantitative estimate of drug-likeness (QED) is 0.772. The van der Waals surface area contributed by atoms with Crippen LogP contribution in [-0.2, 0) is 0 Å². The summed E-state index contributed by atoms with van der Waals surface area (Å²) in [6.07, 6.45) is 1.10. The first-order valence-corrected chi connectivity index (χ1v) is 6.08. The minimum Gasteiger partial charge on any atom is -0.383 e. The lowest BCUT2D eigenvalue weighted by Crippen LogP contribution is -2.10. The van der Waals surface area contributed by atoms with Gasteiger partial charge in [0.1, 0.15) is 0 Å². The number of rotatable bonds is 1. The van der Waals surface area contributed by atoms with Gasteiger partial charge in [-0.15, -0.1) is 0 Å². The van der Waals surface area contributed by atoms with Crippen LogP contribution in [0.15, 0.2) is 54.6 Å². The van der Waals surface area contributed by atoms with Crippen LogP contribution in [0, 0.1) is 0 Å². The van der Waals surface area contributed by atoms with Crippen LogP contribution in [0.3, 0.4) is 0 Å². The standard InChI is InChI=1S/C15H16N2/c1-2-6-12(7-3-1)13-10-11-16-14-8-4-5-9-15(14)17-13/h1-9,13,16-17H,10-11H2. The Kier molecular flexibility index (Phi) is 2.70. The van der Waals surface area contributed by atoms with E-state index in [2.05, 4.69) is 65.2 Å². The third-order valence-corrected chi connectivity index (χ3v) is 3.21. The van der Waals surface area contributed by atoms with E-state index in [1.807, 2.05) is 0 Å². The van der Waals surface area contributed by atoms with Crippen molar-refractivity contribution in [1.82, 2.24) is 0 Å². The zero-order valence-electron chi connectivity index (χ0n) is 9.69. The molecule has 1 aliphatic rings. The number of nitrogens with one attached hydrogen (secondary N) is 2. The van der Waals surface area contributed by atoms with Gasteiger partial charge in [0.2, 0.25) is 0 Å². The lowest BCUT2D eigenvalue weighted by molar-refractivity contribution is 0.731. The highest BCUT2D eigenvalue weighted by molar-refractivity contribution is 5.69. The lowest BCUT2D eigenvalue weighted by atomic mass is 10.0. The molecule has 1 aliphatic heterocycles. The average Bonchev–Trinajstić information content (AvgIpc) is 2.62. The van der Waals surface area contributed by atoms with Gasteiger partial charge in [0.25, 0.3) is 0 Å². The maximum atomic E-state index is 3.61. The minimum absolute atomic E-state index is 0.396. The van der Waals surface area contributed by atoms with E-state index in [-0.39, 0.29) is 0 Å². The van der Waals surface area contributed by atoms with E-state index < -0.39 is 0 Å². The number of fused-ring (bicyclic) bond motifs is 1. The largest absolute Gasteiger partial charge is 0.383 e. The summed E-state index contributed by atoms with van der Waals surface area (Å²) in [4.78, 5) is 0. The molecule has 0 radical (unpaired) electrons. The molecule has 1 heterocycles. The van der Waals surface area contributed by atoms with Crippen molar-refractivity contribution < 1.29 is 0 Å². The van der Waals surface area contributed by atoms with Crippen molar-refractivity contribution >= 4 is 11.4 Å². The van der Waals surface area contributed by atoms with Gasteiger partial charge in [-0.2, -0.15) is 0 Å². The van der Waals surface area contributed by atoms with Crippen LogP contribution >= 0.6 is 0 Å². The highest BCUT2D eigenvalue weighted by atomic mass is 15.0. The number of hydrogen-bond donors (Lipinski definition) is 2. The van der Waals surface area contributed by atoms with E-state index in [4.69, 9.17) is 0 Å². The Morgan fingerprint density at radius 2 is 1.53 bits per heavy atom. The number of hydrogen-bond acceptors (Lipinski definition) is 2. The molecule has 0 amide bonds. The SMILES string of the molecule is c1ccc(C2CCNc3ccccc3N2)cc1. The Morgan fingerprint density at radius 3 is 2.35 bits per heavy atom. The molecule has 2 nitrogen and oxygen atoms in total. The monoisotopic (exact) mass is 224 g/mol. The van der Waals surface area contributed by atoms with E-state index in [9.17, 15) is 0 Å². The molecule has 2 heteroatoms. The zero-order chi connectivity index (χ0) is 11.5. The highest BCUT2D eigenvalue weighted by Gasteiger charge is 2.15. The Labute approximate surface area is 102 Å². The van der Waals surface area contributed by atoms with Crippen molar-refractivity contribution in [3.05, 3.63) is 60.2 Å². The molecule has 0 spiro atoms. The van der Waals surface area contributed by atoms with Crippen molar-refractivity contribution in [3.8, 4) is 0 Å². The molecule has 1 unspecified atom stereocenters. The predicted molar refractivity (Wildman–Crippen MR) is 72.4 cm³/mol. The smallest absolute Gasteiger partial charge is 0.0580 e. The Bertz CT molecular complexity index is 493. The normalized spacial score (nSPS) is 18.5. The topological polar surface area (TPSA) is 24.1 Å². The van der Waals surface area contributed by atoms with Crippen LogP contribution in [0.1, 0.15) is 18.0 Å². The molecule has 17 heavy (non-hydrogen) atoms. The summed E-state index contributed by atoms with van der Waals surface area (Å²) in [5.74, 6) is 0.